The van der Waals surface area contributed by atoms with Crippen molar-refractivity contribution >= 4 is 29.2 Å². The first kappa shape index (κ1) is 19.9. The Morgan fingerprint density at radius 3 is 2.52 bits per heavy atom. The number of carbonyl (C=O) groups is 1. The number of pyridine rings is 1. The number of hydrogen-bond donors (Lipinski definition) is 1. The van der Waals surface area contributed by atoms with Crippen molar-refractivity contribution in [3.05, 3.63) is 63.9 Å². The van der Waals surface area contributed by atoms with E-state index in [0.717, 1.165) is 11.1 Å². The fourth-order valence-electron chi connectivity index (χ4n) is 2.84. The second-order valence-electron chi connectivity index (χ2n) is 7.66. The Balaban J connectivity index is 1.72. The van der Waals surface area contributed by atoms with Crippen molar-refractivity contribution in [1.82, 2.24) is 15.2 Å². The molecule has 2 heterocycles. The zero-order chi connectivity index (χ0) is 19.6. The van der Waals surface area contributed by atoms with E-state index in [0.29, 0.717) is 23.3 Å². The van der Waals surface area contributed by atoms with Gasteiger partial charge in [0.2, 0.25) is 0 Å². The molecule has 144 valence electrons. The minimum atomic E-state index is -0.374. The first-order valence-electron chi connectivity index (χ1n) is 8.81. The lowest BCUT2D eigenvalue weighted by atomic mass is 10.0. The van der Waals surface area contributed by atoms with Crippen molar-refractivity contribution in [3.63, 3.8) is 0 Å². The minimum Gasteiger partial charge on any atom is -0.362 e. The number of aromatic nitrogens is 1. The molecule has 27 heavy (non-hydrogen) atoms. The van der Waals surface area contributed by atoms with E-state index >= 15 is 0 Å². The van der Waals surface area contributed by atoms with Crippen molar-refractivity contribution in [2.45, 2.75) is 38.5 Å². The van der Waals surface area contributed by atoms with Gasteiger partial charge in [0.25, 0.3) is 0 Å². The van der Waals surface area contributed by atoms with Crippen LogP contribution in [0.3, 0.4) is 0 Å². The number of urea groups is 1. The quantitative estimate of drug-likeness (QED) is 0.747. The van der Waals surface area contributed by atoms with Crippen molar-refractivity contribution in [1.29, 1.82) is 0 Å². The molecule has 0 spiro atoms. The third-order valence-electron chi connectivity index (χ3n) is 4.19. The Labute approximate surface area is 169 Å². The number of rotatable bonds is 4. The van der Waals surface area contributed by atoms with Crippen LogP contribution in [0.25, 0.3) is 0 Å². The Morgan fingerprint density at radius 1 is 1.22 bits per heavy atom. The number of likely N-dealkylation sites (tertiary alicyclic amines) is 1. The molecule has 2 aromatic rings. The SMILES string of the molecule is CC(C)(C)NC(=O)N1CC(OC(c2ccc(Cl)nc2)c2ccccc2Cl)C1. The smallest absolute Gasteiger partial charge is 0.317 e. The molecule has 1 unspecified atom stereocenters. The molecule has 1 aliphatic rings. The monoisotopic (exact) mass is 407 g/mol. The number of hydrogen-bond acceptors (Lipinski definition) is 3. The minimum absolute atomic E-state index is 0.0762. The number of nitrogens with zero attached hydrogens (tertiary/aromatic N) is 2. The van der Waals surface area contributed by atoms with Crippen LogP contribution < -0.4 is 5.32 Å². The lowest BCUT2D eigenvalue weighted by molar-refractivity contribution is -0.0652. The highest BCUT2D eigenvalue weighted by Gasteiger charge is 2.35. The van der Waals surface area contributed by atoms with Gasteiger partial charge in [-0.15, -0.1) is 0 Å². The first-order chi connectivity index (χ1) is 12.7. The molecule has 1 aromatic heterocycles. The number of amides is 2. The van der Waals surface area contributed by atoms with Crippen LogP contribution >= 0.6 is 23.2 Å². The molecule has 1 N–H and O–H groups in total. The van der Waals surface area contributed by atoms with Crippen molar-refractivity contribution in [2.75, 3.05) is 13.1 Å². The fraction of sp³-hybridized carbons (Fsp3) is 0.400. The highest BCUT2D eigenvalue weighted by molar-refractivity contribution is 6.31. The number of nitrogens with one attached hydrogen (secondary N) is 1. The normalized spacial score (nSPS) is 16.0. The second kappa shape index (κ2) is 8.05. The largest absolute Gasteiger partial charge is 0.362 e. The highest BCUT2D eigenvalue weighted by atomic mass is 35.5. The molecule has 1 aromatic carbocycles. The van der Waals surface area contributed by atoms with Gasteiger partial charge in [-0.2, -0.15) is 0 Å². The molecular formula is C20H23Cl2N3O2. The van der Waals surface area contributed by atoms with Crippen LogP contribution in [0, 0.1) is 0 Å². The molecule has 3 rings (SSSR count). The zero-order valence-electron chi connectivity index (χ0n) is 15.6. The summed E-state index contributed by atoms with van der Waals surface area (Å²) in [7, 11) is 0. The van der Waals surface area contributed by atoms with Crippen molar-refractivity contribution < 1.29 is 9.53 Å². The molecule has 0 saturated carbocycles. The van der Waals surface area contributed by atoms with Crippen molar-refractivity contribution in [2.24, 2.45) is 0 Å². The Bertz CT molecular complexity index is 800. The Hall–Kier alpha value is -1.82. The van der Waals surface area contributed by atoms with Gasteiger partial charge >= 0.3 is 6.03 Å². The molecule has 1 saturated heterocycles. The summed E-state index contributed by atoms with van der Waals surface area (Å²) in [6.07, 6.45) is 1.24. The summed E-state index contributed by atoms with van der Waals surface area (Å²) in [5.74, 6) is 0. The Morgan fingerprint density at radius 2 is 1.93 bits per heavy atom. The van der Waals surface area contributed by atoms with Gasteiger partial charge in [0.15, 0.2) is 0 Å². The summed E-state index contributed by atoms with van der Waals surface area (Å²) in [5, 5.41) is 4.01. The van der Waals surface area contributed by atoms with Gasteiger partial charge in [-0.25, -0.2) is 9.78 Å². The number of ether oxygens (including phenoxy) is 1. The number of halogens is 2. The maximum absolute atomic E-state index is 12.2. The summed E-state index contributed by atoms with van der Waals surface area (Å²) in [5.41, 5.74) is 1.46. The fourth-order valence-corrected chi connectivity index (χ4v) is 3.19. The predicted octanol–water partition coefficient (Wildman–Crippen LogP) is 4.69. The van der Waals surface area contributed by atoms with Crippen LogP contribution in [0.4, 0.5) is 4.79 Å². The van der Waals surface area contributed by atoms with Gasteiger partial charge < -0.3 is 15.0 Å². The van der Waals surface area contributed by atoms with Gasteiger partial charge in [0.1, 0.15) is 11.3 Å². The van der Waals surface area contributed by atoms with Gasteiger partial charge in [0.05, 0.1) is 19.2 Å². The summed E-state index contributed by atoms with van der Waals surface area (Å²) in [4.78, 5) is 18.1. The molecule has 7 heteroatoms. The number of benzene rings is 1. The molecule has 0 aliphatic carbocycles. The van der Waals surface area contributed by atoms with E-state index in [4.69, 9.17) is 27.9 Å². The zero-order valence-corrected chi connectivity index (χ0v) is 17.1. The van der Waals surface area contributed by atoms with Crippen LogP contribution in [0.5, 0.6) is 0 Å². The van der Waals surface area contributed by atoms with E-state index in [9.17, 15) is 4.79 Å². The van der Waals surface area contributed by atoms with E-state index in [1.807, 2.05) is 51.1 Å². The van der Waals surface area contributed by atoms with Crippen LogP contribution in [-0.4, -0.2) is 40.6 Å². The molecule has 1 atom stereocenters. The van der Waals surface area contributed by atoms with Crippen LogP contribution in [-0.2, 0) is 4.74 Å². The van der Waals surface area contributed by atoms with Crippen LogP contribution in [0.15, 0.2) is 42.6 Å². The topological polar surface area (TPSA) is 54.5 Å². The Kier molecular flexibility index (Phi) is 5.94. The van der Waals surface area contributed by atoms with Gasteiger partial charge in [-0.05, 0) is 32.9 Å². The lowest BCUT2D eigenvalue weighted by Crippen LogP contribution is -2.60. The van der Waals surface area contributed by atoms with Gasteiger partial charge in [-0.3, -0.25) is 0 Å². The maximum Gasteiger partial charge on any atom is 0.317 e. The standard InChI is InChI=1S/C20H23Cl2N3O2/c1-20(2,3)24-19(26)25-11-14(12-25)27-18(13-8-9-17(22)23-10-13)15-6-4-5-7-16(15)21/h4-10,14,18H,11-12H2,1-3H3,(H,24,26). The summed E-state index contributed by atoms with van der Waals surface area (Å²) >= 11 is 12.3. The molecule has 2 amide bonds. The molecule has 1 aliphatic heterocycles. The molecule has 0 bridgehead atoms. The third-order valence-corrected chi connectivity index (χ3v) is 4.75. The van der Waals surface area contributed by atoms with Crippen molar-refractivity contribution in [3.8, 4) is 0 Å². The molecular weight excluding hydrogens is 385 g/mol. The van der Waals surface area contributed by atoms with E-state index < -0.39 is 0 Å². The summed E-state index contributed by atoms with van der Waals surface area (Å²) in [6, 6.07) is 11.1. The van der Waals surface area contributed by atoms with E-state index in [1.165, 1.54) is 0 Å². The summed E-state index contributed by atoms with van der Waals surface area (Å²) in [6.45, 7) is 6.94. The average molecular weight is 408 g/mol. The molecule has 1 fully saturated rings. The first-order valence-corrected chi connectivity index (χ1v) is 9.57. The molecule has 0 radical (unpaired) electrons. The summed E-state index contributed by atoms with van der Waals surface area (Å²) < 4.78 is 6.30. The average Bonchev–Trinajstić information content (AvgIpc) is 2.54. The van der Waals surface area contributed by atoms with E-state index in [2.05, 4.69) is 10.3 Å². The predicted molar refractivity (Wildman–Crippen MR) is 107 cm³/mol. The van der Waals surface area contributed by atoms with E-state index in [1.54, 1.807) is 17.2 Å². The van der Waals surface area contributed by atoms with E-state index in [-0.39, 0.29) is 23.8 Å². The van der Waals surface area contributed by atoms with Gasteiger partial charge in [-0.1, -0.05) is 47.5 Å². The highest BCUT2D eigenvalue weighted by Crippen LogP contribution is 2.33. The van der Waals surface area contributed by atoms with Gasteiger partial charge in [0, 0.05) is 27.9 Å². The molecule has 5 nitrogen and oxygen atoms in total. The number of carbonyl (C=O) groups excluding carboxylic acids is 1. The lowest BCUT2D eigenvalue weighted by Gasteiger charge is -2.42. The third kappa shape index (κ3) is 5.12. The second-order valence-corrected chi connectivity index (χ2v) is 8.45. The van der Waals surface area contributed by atoms with Crippen LogP contribution in [0.2, 0.25) is 10.2 Å². The maximum atomic E-state index is 12.2. The van der Waals surface area contributed by atoms with Crippen LogP contribution in [0.1, 0.15) is 38.0 Å².